The van der Waals surface area contributed by atoms with Crippen LogP contribution in [0.4, 0.5) is 26.1 Å². The first-order valence-corrected chi connectivity index (χ1v) is 13.8. The van der Waals surface area contributed by atoms with Crippen molar-refractivity contribution < 1.29 is 13.5 Å². The average molecular weight is 556 g/mol. The average Bonchev–Trinajstić information content (AvgIpc) is 3.58. The Morgan fingerprint density at radius 2 is 1.59 bits per heavy atom. The Balaban J connectivity index is 1.28. The van der Waals surface area contributed by atoms with Gasteiger partial charge in [0.1, 0.15) is 17.3 Å². The van der Waals surface area contributed by atoms with Crippen LogP contribution in [0, 0.1) is 11.6 Å². The van der Waals surface area contributed by atoms with Crippen molar-refractivity contribution in [3.8, 4) is 0 Å². The standard InChI is InChI=1S/C28H32ClF2N7O/c1-17-15-37(26-24-27(33-28(29)32-26)38(35-34-24)16-23-4-3-13-39-23)18(2)14-36(17)25(19-5-9-21(30)10-6-19)20-7-11-22(31)12-8-20/h5-12,17-18,23,25,34-35H,3-4,13-16H2,1-2H3/t17-,18+,23-/m1/s1. The summed E-state index contributed by atoms with van der Waals surface area (Å²) in [5.74, 6) is 0.878. The molecule has 0 radical (unpaired) electrons. The lowest BCUT2D eigenvalue weighted by Gasteiger charge is -2.48. The van der Waals surface area contributed by atoms with Gasteiger partial charge in [0.15, 0.2) is 11.6 Å². The second kappa shape index (κ2) is 10.8. The molecule has 0 aliphatic carbocycles. The van der Waals surface area contributed by atoms with E-state index in [2.05, 4.69) is 44.6 Å². The molecule has 4 heterocycles. The SMILES string of the molecule is C[C@@H]1CN(c2nc(Cl)nc3c2NNN3C[C@H]2CCCO2)[C@@H](C)CN1C(c1ccc(F)cc1)c1ccc(F)cc1. The summed E-state index contributed by atoms with van der Waals surface area (Å²) in [4.78, 5) is 13.8. The van der Waals surface area contributed by atoms with Crippen LogP contribution in [0.15, 0.2) is 48.5 Å². The fourth-order valence-corrected chi connectivity index (χ4v) is 6.06. The first-order chi connectivity index (χ1) is 18.9. The normalized spacial score (nSPS) is 23.4. The number of benzene rings is 2. The van der Waals surface area contributed by atoms with Crippen LogP contribution in [0.5, 0.6) is 0 Å². The number of hydrazine groups is 2. The lowest BCUT2D eigenvalue weighted by Crippen LogP contribution is -2.57. The smallest absolute Gasteiger partial charge is 0.226 e. The van der Waals surface area contributed by atoms with Crippen molar-refractivity contribution >= 4 is 28.9 Å². The minimum Gasteiger partial charge on any atom is -0.376 e. The van der Waals surface area contributed by atoms with Gasteiger partial charge in [-0.05, 0) is 73.7 Å². The molecule has 3 atom stereocenters. The lowest BCUT2D eigenvalue weighted by atomic mass is 9.93. The molecule has 2 aromatic carbocycles. The molecule has 8 nitrogen and oxygen atoms in total. The van der Waals surface area contributed by atoms with Crippen molar-refractivity contribution in [2.45, 2.75) is 50.9 Å². The number of fused-ring (bicyclic) bond motifs is 1. The van der Waals surface area contributed by atoms with E-state index in [0.717, 1.165) is 42.1 Å². The van der Waals surface area contributed by atoms with Crippen LogP contribution in [0.3, 0.4) is 0 Å². The number of piperazine rings is 1. The Bertz CT molecular complexity index is 1260. The third-order valence-corrected chi connectivity index (χ3v) is 8.00. The molecule has 0 unspecified atom stereocenters. The van der Waals surface area contributed by atoms with E-state index in [-0.39, 0.29) is 41.1 Å². The zero-order chi connectivity index (χ0) is 27.1. The zero-order valence-corrected chi connectivity index (χ0v) is 22.7. The van der Waals surface area contributed by atoms with Gasteiger partial charge in [-0.15, -0.1) is 5.53 Å². The van der Waals surface area contributed by atoms with Crippen LogP contribution in [0.25, 0.3) is 0 Å². The van der Waals surface area contributed by atoms with Gasteiger partial charge in [-0.1, -0.05) is 24.3 Å². The summed E-state index contributed by atoms with van der Waals surface area (Å²) < 4.78 is 33.4. The molecule has 0 spiro atoms. The topological polar surface area (TPSA) is 68.8 Å². The number of nitrogens with zero attached hydrogens (tertiary/aromatic N) is 5. The molecular weight excluding hydrogens is 524 g/mol. The maximum Gasteiger partial charge on any atom is 0.226 e. The number of ether oxygens (including phenoxy) is 1. The highest BCUT2D eigenvalue weighted by Crippen LogP contribution is 2.40. The molecule has 0 saturated carbocycles. The number of rotatable bonds is 6. The van der Waals surface area contributed by atoms with E-state index < -0.39 is 0 Å². The van der Waals surface area contributed by atoms with Crippen LogP contribution in [0.2, 0.25) is 5.28 Å². The monoisotopic (exact) mass is 555 g/mol. The molecule has 6 rings (SSSR count). The zero-order valence-electron chi connectivity index (χ0n) is 21.9. The van der Waals surface area contributed by atoms with E-state index in [1.165, 1.54) is 24.3 Å². The van der Waals surface area contributed by atoms with Gasteiger partial charge in [-0.3, -0.25) is 15.3 Å². The van der Waals surface area contributed by atoms with Crippen LogP contribution in [-0.2, 0) is 4.74 Å². The van der Waals surface area contributed by atoms with Crippen LogP contribution in [0.1, 0.15) is 43.9 Å². The summed E-state index contributed by atoms with van der Waals surface area (Å²) in [7, 11) is 0. The van der Waals surface area contributed by atoms with Gasteiger partial charge < -0.3 is 9.64 Å². The fourth-order valence-electron chi connectivity index (χ4n) is 5.90. The summed E-state index contributed by atoms with van der Waals surface area (Å²) in [5.41, 5.74) is 9.17. The van der Waals surface area contributed by atoms with Gasteiger partial charge in [0.05, 0.1) is 18.7 Å². The predicted molar refractivity (Wildman–Crippen MR) is 148 cm³/mol. The Morgan fingerprint density at radius 3 is 2.21 bits per heavy atom. The number of nitrogens with one attached hydrogen (secondary N) is 2. The Hall–Kier alpha value is -3.05. The predicted octanol–water partition coefficient (Wildman–Crippen LogP) is 4.93. The molecule has 2 fully saturated rings. The molecule has 11 heteroatoms. The van der Waals surface area contributed by atoms with Crippen molar-refractivity contribution in [2.24, 2.45) is 0 Å². The van der Waals surface area contributed by atoms with Gasteiger partial charge in [-0.25, -0.2) is 8.78 Å². The van der Waals surface area contributed by atoms with Gasteiger partial charge >= 0.3 is 0 Å². The molecule has 0 amide bonds. The number of halogens is 3. The summed E-state index contributed by atoms with van der Waals surface area (Å²) in [6.45, 7) is 7.13. The van der Waals surface area contributed by atoms with Gasteiger partial charge in [-0.2, -0.15) is 9.97 Å². The molecule has 2 saturated heterocycles. The molecule has 1 aromatic heterocycles. The molecule has 3 aliphatic heterocycles. The molecule has 3 aliphatic rings. The highest BCUT2D eigenvalue weighted by atomic mass is 35.5. The van der Waals surface area contributed by atoms with Crippen molar-refractivity contribution in [2.75, 3.05) is 41.6 Å². The third kappa shape index (κ3) is 5.26. The van der Waals surface area contributed by atoms with Crippen molar-refractivity contribution in [1.82, 2.24) is 20.4 Å². The highest BCUT2D eigenvalue weighted by Gasteiger charge is 2.38. The minimum atomic E-state index is -0.285. The Labute approximate surface area is 231 Å². The van der Waals surface area contributed by atoms with Gasteiger partial charge in [0, 0.05) is 31.8 Å². The van der Waals surface area contributed by atoms with Gasteiger partial charge in [0.25, 0.3) is 0 Å². The summed E-state index contributed by atoms with van der Waals surface area (Å²) in [6.07, 6.45) is 2.21. The number of anilines is 3. The van der Waals surface area contributed by atoms with Crippen LogP contribution < -0.4 is 20.9 Å². The molecule has 2 N–H and O–H groups in total. The van der Waals surface area contributed by atoms with E-state index in [0.29, 0.717) is 25.5 Å². The van der Waals surface area contributed by atoms with E-state index in [4.69, 9.17) is 16.3 Å². The summed E-state index contributed by atoms with van der Waals surface area (Å²) in [6, 6.07) is 13.1. The quantitative estimate of drug-likeness (QED) is 0.415. The molecule has 0 bridgehead atoms. The van der Waals surface area contributed by atoms with E-state index in [9.17, 15) is 8.78 Å². The molecule has 206 valence electrons. The number of hydrogen-bond acceptors (Lipinski definition) is 8. The number of hydrogen-bond donors (Lipinski definition) is 2. The number of aromatic nitrogens is 2. The molecular formula is C28H32ClF2N7O. The molecule has 3 aromatic rings. The lowest BCUT2D eigenvalue weighted by molar-refractivity contribution is 0.114. The maximum atomic E-state index is 13.8. The fraction of sp³-hybridized carbons (Fsp3) is 0.429. The first-order valence-electron chi connectivity index (χ1n) is 13.4. The van der Waals surface area contributed by atoms with Crippen molar-refractivity contribution in [3.05, 3.63) is 76.6 Å². The van der Waals surface area contributed by atoms with E-state index in [1.807, 2.05) is 29.3 Å². The Kier molecular flexibility index (Phi) is 7.28. The van der Waals surface area contributed by atoms with Crippen LogP contribution >= 0.6 is 11.6 Å². The maximum absolute atomic E-state index is 13.8. The summed E-state index contributed by atoms with van der Waals surface area (Å²) >= 11 is 6.44. The second-order valence-corrected chi connectivity index (χ2v) is 10.9. The highest BCUT2D eigenvalue weighted by molar-refractivity contribution is 6.28. The minimum absolute atomic E-state index is 0.0636. The Morgan fingerprint density at radius 1 is 0.949 bits per heavy atom. The van der Waals surface area contributed by atoms with Crippen molar-refractivity contribution in [1.29, 1.82) is 0 Å². The molecule has 39 heavy (non-hydrogen) atoms. The summed E-state index contributed by atoms with van der Waals surface area (Å²) in [5, 5.41) is 2.12. The van der Waals surface area contributed by atoms with Gasteiger partial charge in [0.2, 0.25) is 5.28 Å². The second-order valence-electron chi connectivity index (χ2n) is 10.6. The van der Waals surface area contributed by atoms with E-state index in [1.54, 1.807) is 0 Å². The van der Waals surface area contributed by atoms with Crippen LogP contribution in [-0.4, -0.2) is 59.3 Å². The third-order valence-electron chi connectivity index (χ3n) is 7.83. The van der Waals surface area contributed by atoms with E-state index >= 15 is 0 Å². The van der Waals surface area contributed by atoms with Crippen molar-refractivity contribution in [3.63, 3.8) is 0 Å². The first kappa shape index (κ1) is 26.2. The largest absolute Gasteiger partial charge is 0.376 e.